The van der Waals surface area contributed by atoms with Crippen molar-refractivity contribution < 1.29 is 9.47 Å². The molecule has 4 aliphatic heterocycles. The highest BCUT2D eigenvalue weighted by Gasteiger charge is 2.50. The third kappa shape index (κ3) is 5.29. The van der Waals surface area contributed by atoms with Gasteiger partial charge < -0.3 is 18.6 Å². The Labute approximate surface area is 409 Å². The maximum Gasteiger partial charge on any atom is 0.256 e. The summed E-state index contributed by atoms with van der Waals surface area (Å²) in [6, 6.07) is 56.0. The van der Waals surface area contributed by atoms with Gasteiger partial charge in [-0.15, -0.1) is 0 Å². The van der Waals surface area contributed by atoms with Crippen molar-refractivity contribution in [2.24, 2.45) is 0 Å². The first kappa shape index (κ1) is 40.2. The molecular weight excluding hydrogens is 850 g/mol. The lowest BCUT2D eigenvalue weighted by Gasteiger charge is -2.41. The Morgan fingerprint density at radius 1 is 0.371 bits per heavy atom. The molecule has 0 radical (unpaired) electrons. The van der Waals surface area contributed by atoms with Gasteiger partial charge in [-0.2, -0.15) is 0 Å². The second kappa shape index (κ2) is 14.4. The van der Waals surface area contributed by atoms with Crippen LogP contribution in [0.2, 0.25) is 0 Å². The zero-order valence-electron chi connectivity index (χ0n) is 40.6. The van der Waals surface area contributed by atoms with E-state index in [2.05, 4.69) is 196 Å². The monoisotopic (exact) mass is 900 g/mol. The van der Waals surface area contributed by atoms with E-state index in [4.69, 9.17) is 9.47 Å². The van der Waals surface area contributed by atoms with Crippen LogP contribution in [0.4, 0.5) is 0 Å². The van der Waals surface area contributed by atoms with Crippen LogP contribution in [-0.2, 0) is 25.7 Å². The van der Waals surface area contributed by atoms with Gasteiger partial charge in [-0.05, 0) is 154 Å². The van der Waals surface area contributed by atoms with E-state index in [1.807, 2.05) is 0 Å². The molecule has 0 aliphatic carbocycles. The van der Waals surface area contributed by atoms with Crippen LogP contribution in [0.1, 0.15) is 61.1 Å². The fourth-order valence-corrected chi connectivity index (χ4v) is 13.0. The smallest absolute Gasteiger partial charge is 0.256 e. The first-order valence-corrected chi connectivity index (χ1v) is 25.5. The maximum atomic E-state index is 7.75. The van der Waals surface area contributed by atoms with Crippen LogP contribution in [0.25, 0.3) is 77.2 Å². The van der Waals surface area contributed by atoms with Crippen LogP contribution in [0.3, 0.4) is 0 Å². The largest absolute Gasteiger partial charge is 0.456 e. The van der Waals surface area contributed by atoms with Crippen LogP contribution >= 0.6 is 0 Å². The molecule has 0 N–H and O–H groups in total. The molecular formula is C64H50B2N2O2. The molecule has 15 rings (SSSR count). The van der Waals surface area contributed by atoms with Crippen LogP contribution in [-0.4, -0.2) is 22.6 Å². The van der Waals surface area contributed by atoms with E-state index < -0.39 is 0 Å². The highest BCUT2D eigenvalue weighted by Crippen LogP contribution is 2.49. The molecule has 0 unspecified atom stereocenters. The number of fused-ring (bicyclic) bond motifs is 16. The first-order chi connectivity index (χ1) is 34.3. The van der Waals surface area contributed by atoms with Gasteiger partial charge in [0.1, 0.15) is 23.0 Å². The third-order valence-electron chi connectivity index (χ3n) is 16.6. The minimum absolute atomic E-state index is 0.127. The lowest BCUT2D eigenvalue weighted by atomic mass is 9.31. The number of hydrogen-bond acceptors (Lipinski definition) is 2. The van der Waals surface area contributed by atoms with Gasteiger partial charge in [-0.25, -0.2) is 0 Å². The fraction of sp³-hybridized carbons (Fsp3) is 0.156. The van der Waals surface area contributed by atoms with E-state index in [1.165, 1.54) is 132 Å². The Morgan fingerprint density at radius 3 is 1.16 bits per heavy atom. The Hall–Kier alpha value is -7.69. The summed E-state index contributed by atoms with van der Waals surface area (Å²) in [6.45, 7) is 13.2. The Balaban J connectivity index is 1.14. The summed E-state index contributed by atoms with van der Waals surface area (Å²) in [7, 11) is 0. The van der Waals surface area contributed by atoms with Crippen molar-refractivity contribution in [2.75, 3.05) is 0 Å². The molecule has 9 aromatic carbocycles. The van der Waals surface area contributed by atoms with Crippen LogP contribution in [0.5, 0.6) is 23.0 Å². The molecule has 4 nitrogen and oxygen atoms in total. The standard InChI is InChI=1S/C64H50B2N2O2/c1-7-37-15-23-53-45(27-37)47-29-39(9-3)31-51-59(47)67(53)61-57-64(70-55-25-21-43(33-49(55)65(51)57)41-17-11-35(5)12-18-41)62-58-63(61)69-56-26-22-44(42-19-13-36(6)14-20-42)34-50(56)66(58)52-32-40(10-4)30-48-46-28-38(8-2)16-24-54(46)68(62)60(48)52/h11-34H,7-10H2,1-6H3. The van der Waals surface area contributed by atoms with Gasteiger partial charge in [0.25, 0.3) is 13.4 Å². The molecule has 4 aliphatic rings. The number of nitrogens with zero attached hydrogens (tertiary/aromatic N) is 2. The minimum atomic E-state index is -0.127. The summed E-state index contributed by atoms with van der Waals surface area (Å²) in [5.41, 5.74) is 27.1. The second-order valence-electron chi connectivity index (χ2n) is 20.4. The highest BCUT2D eigenvalue weighted by atomic mass is 16.5. The normalized spacial score (nSPS) is 13.4. The van der Waals surface area contributed by atoms with Gasteiger partial charge in [0, 0.05) is 43.5 Å². The number of aryl methyl sites for hydroxylation is 6. The van der Waals surface area contributed by atoms with Gasteiger partial charge in [-0.3, -0.25) is 0 Å². The van der Waals surface area contributed by atoms with Crippen LogP contribution in [0.15, 0.2) is 146 Å². The highest BCUT2D eigenvalue weighted by molar-refractivity contribution is 7.02. The maximum absolute atomic E-state index is 7.75. The van der Waals surface area contributed by atoms with Crippen molar-refractivity contribution in [2.45, 2.75) is 67.2 Å². The van der Waals surface area contributed by atoms with E-state index in [0.717, 1.165) is 60.1 Å². The topological polar surface area (TPSA) is 28.3 Å². The summed E-state index contributed by atoms with van der Waals surface area (Å²) in [6.07, 6.45) is 3.82. The minimum Gasteiger partial charge on any atom is -0.456 e. The van der Waals surface area contributed by atoms with E-state index in [1.54, 1.807) is 0 Å². The Kier molecular flexibility index (Phi) is 8.29. The predicted molar refractivity (Wildman–Crippen MR) is 295 cm³/mol. The van der Waals surface area contributed by atoms with Crippen LogP contribution in [0, 0.1) is 13.8 Å². The molecule has 6 heteroatoms. The average molecular weight is 901 g/mol. The number of hydrogen-bond donors (Lipinski definition) is 0. The lowest BCUT2D eigenvalue weighted by Crippen LogP contribution is -2.63. The van der Waals surface area contributed by atoms with E-state index in [-0.39, 0.29) is 13.4 Å². The summed E-state index contributed by atoms with van der Waals surface area (Å²) in [4.78, 5) is 0. The van der Waals surface area contributed by atoms with Gasteiger partial charge in [0.2, 0.25) is 0 Å². The van der Waals surface area contributed by atoms with Crippen molar-refractivity contribution in [3.63, 3.8) is 0 Å². The lowest BCUT2D eigenvalue weighted by molar-refractivity contribution is 0.472. The van der Waals surface area contributed by atoms with Gasteiger partial charge in [0.05, 0.1) is 22.4 Å². The van der Waals surface area contributed by atoms with Crippen molar-refractivity contribution in [1.82, 2.24) is 9.13 Å². The van der Waals surface area contributed by atoms with Crippen molar-refractivity contribution in [3.8, 4) is 56.6 Å². The summed E-state index contributed by atoms with van der Waals surface area (Å²) < 4.78 is 20.7. The number of rotatable bonds is 6. The second-order valence-corrected chi connectivity index (χ2v) is 20.4. The molecule has 0 bridgehead atoms. The van der Waals surface area contributed by atoms with Crippen molar-refractivity contribution in [3.05, 3.63) is 179 Å². The van der Waals surface area contributed by atoms with Crippen molar-refractivity contribution in [1.29, 1.82) is 0 Å². The van der Waals surface area contributed by atoms with Gasteiger partial charge in [-0.1, -0.05) is 136 Å². The number of ether oxygens (including phenoxy) is 2. The fourth-order valence-electron chi connectivity index (χ4n) is 13.0. The molecule has 0 saturated carbocycles. The molecule has 0 fully saturated rings. The van der Waals surface area contributed by atoms with E-state index in [0.29, 0.717) is 0 Å². The molecule has 6 heterocycles. The molecule has 0 atom stereocenters. The number of aromatic nitrogens is 2. The number of benzene rings is 9. The zero-order valence-corrected chi connectivity index (χ0v) is 40.6. The summed E-state index contributed by atoms with van der Waals surface area (Å²) in [5, 5.41) is 5.18. The van der Waals surface area contributed by atoms with E-state index in [9.17, 15) is 0 Å². The quantitative estimate of drug-likeness (QED) is 0.156. The molecule has 70 heavy (non-hydrogen) atoms. The SMILES string of the molecule is CCc1ccc2c(c1)c1cc(CC)cc3c1n2-c1c2c4c(c5c1B3c1cc(-c3ccc(C)cc3)ccc1O5)-n1c3ccc(CC)cc3c3cc(CC)cc(c31)B4c1cc(-c3ccc(C)cc3)ccc1O2. The Morgan fingerprint density at radius 2 is 0.757 bits per heavy atom. The van der Waals surface area contributed by atoms with Gasteiger partial charge in [0.15, 0.2) is 0 Å². The molecule has 0 amide bonds. The molecule has 11 aromatic rings. The molecule has 0 saturated heterocycles. The van der Waals surface area contributed by atoms with Crippen LogP contribution < -0.4 is 42.3 Å². The summed E-state index contributed by atoms with van der Waals surface area (Å²) in [5.74, 6) is 3.67. The molecule has 0 spiro atoms. The third-order valence-corrected chi connectivity index (χ3v) is 16.6. The zero-order chi connectivity index (χ0) is 46.8. The van der Waals surface area contributed by atoms with Gasteiger partial charge >= 0.3 is 0 Å². The Bertz CT molecular complexity index is 3870. The predicted octanol–water partition coefficient (Wildman–Crippen LogP) is 12.0. The van der Waals surface area contributed by atoms with Crippen molar-refractivity contribution >= 4 is 89.8 Å². The summed E-state index contributed by atoms with van der Waals surface area (Å²) >= 11 is 0. The molecule has 334 valence electrons. The first-order valence-electron chi connectivity index (χ1n) is 25.5. The average Bonchev–Trinajstić information content (AvgIpc) is 3.91. The van der Waals surface area contributed by atoms with E-state index >= 15 is 0 Å². The molecule has 2 aromatic heterocycles.